The maximum Gasteiger partial charge on any atom is 0.226 e. The number of benzene rings is 1. The summed E-state index contributed by atoms with van der Waals surface area (Å²) < 4.78 is 16.0. The molecule has 0 bridgehead atoms. The van der Waals surface area contributed by atoms with Crippen molar-refractivity contribution in [3.05, 3.63) is 73.2 Å². The second-order valence-electron chi connectivity index (χ2n) is 8.91. The summed E-state index contributed by atoms with van der Waals surface area (Å²) in [4.78, 5) is 32.7. The van der Waals surface area contributed by atoms with Crippen LogP contribution in [0, 0.1) is 11.7 Å². The summed E-state index contributed by atoms with van der Waals surface area (Å²) in [5.41, 5.74) is 5.20. The zero-order valence-electron chi connectivity index (χ0n) is 20.0. The van der Waals surface area contributed by atoms with Crippen LogP contribution in [0.3, 0.4) is 0 Å². The summed E-state index contributed by atoms with van der Waals surface area (Å²) in [6.45, 7) is 3.58. The second-order valence-corrected chi connectivity index (χ2v) is 8.91. The largest absolute Gasteiger partial charge is 0.337 e. The van der Waals surface area contributed by atoms with E-state index in [1.807, 2.05) is 30.3 Å². The fourth-order valence-corrected chi connectivity index (χ4v) is 4.18. The molecule has 0 fully saturated rings. The van der Waals surface area contributed by atoms with Gasteiger partial charge in [-0.15, -0.1) is 0 Å². The minimum atomic E-state index is -0.565. The number of amides is 1. The number of halogens is 1. The highest BCUT2D eigenvalue weighted by Gasteiger charge is 2.21. The summed E-state index contributed by atoms with van der Waals surface area (Å²) in [5.74, 6) is -0.498. The molecule has 37 heavy (non-hydrogen) atoms. The number of nitrogens with one attached hydrogen (secondary N) is 3. The van der Waals surface area contributed by atoms with Crippen LogP contribution < -0.4 is 5.32 Å². The number of hydrogen-bond acceptors (Lipinski definition) is 6. The van der Waals surface area contributed by atoms with E-state index >= 15 is 4.39 Å². The van der Waals surface area contributed by atoms with E-state index in [0.29, 0.717) is 28.3 Å². The van der Waals surface area contributed by atoms with Gasteiger partial charge in [-0.05, 0) is 29.8 Å². The number of rotatable bonds is 5. The molecule has 0 saturated heterocycles. The highest BCUT2D eigenvalue weighted by Crippen LogP contribution is 2.34. The van der Waals surface area contributed by atoms with Crippen LogP contribution in [-0.2, 0) is 4.79 Å². The van der Waals surface area contributed by atoms with Gasteiger partial charge in [0.15, 0.2) is 11.6 Å². The molecular weight excluding hydrogens is 471 g/mol. The zero-order valence-corrected chi connectivity index (χ0v) is 20.0. The van der Waals surface area contributed by atoms with Crippen molar-refractivity contribution in [1.82, 2.24) is 35.1 Å². The molecule has 6 rings (SSSR count). The van der Waals surface area contributed by atoms with Crippen molar-refractivity contribution in [1.29, 1.82) is 0 Å². The summed E-state index contributed by atoms with van der Waals surface area (Å²) in [5, 5.41) is 10.2. The van der Waals surface area contributed by atoms with Gasteiger partial charge in [0, 0.05) is 35.6 Å². The van der Waals surface area contributed by atoms with Crippen LogP contribution >= 0.6 is 0 Å². The lowest BCUT2D eigenvalue weighted by Crippen LogP contribution is -2.17. The molecule has 0 unspecified atom stereocenters. The predicted molar refractivity (Wildman–Crippen MR) is 139 cm³/mol. The van der Waals surface area contributed by atoms with Crippen molar-refractivity contribution < 1.29 is 9.18 Å². The van der Waals surface area contributed by atoms with Gasteiger partial charge in [0.2, 0.25) is 5.91 Å². The van der Waals surface area contributed by atoms with Crippen molar-refractivity contribution in [3.8, 4) is 33.9 Å². The highest BCUT2D eigenvalue weighted by molar-refractivity contribution is 5.98. The van der Waals surface area contributed by atoms with Crippen LogP contribution in [-0.4, -0.2) is 41.0 Å². The lowest BCUT2D eigenvalue weighted by molar-refractivity contribution is -0.118. The number of hydrogen-bond donors (Lipinski definition) is 3. The molecule has 0 aliphatic rings. The Morgan fingerprint density at radius 3 is 2.62 bits per heavy atom. The van der Waals surface area contributed by atoms with Crippen molar-refractivity contribution in [2.45, 2.75) is 13.8 Å². The number of imidazole rings is 1. The Morgan fingerprint density at radius 2 is 1.81 bits per heavy atom. The number of H-pyrrole nitrogens is 2. The van der Waals surface area contributed by atoms with Crippen LogP contribution in [0.5, 0.6) is 0 Å². The fourth-order valence-electron chi connectivity index (χ4n) is 4.18. The number of nitrogens with zero attached hydrogens (tertiary/aromatic N) is 5. The van der Waals surface area contributed by atoms with Crippen molar-refractivity contribution >= 4 is 33.5 Å². The monoisotopic (exact) mass is 492 g/mol. The minimum Gasteiger partial charge on any atom is -0.337 e. The third kappa shape index (κ3) is 3.98. The van der Waals surface area contributed by atoms with E-state index in [-0.39, 0.29) is 22.9 Å². The first-order valence-corrected chi connectivity index (χ1v) is 11.7. The number of aromatic amines is 2. The van der Waals surface area contributed by atoms with Crippen molar-refractivity contribution in [2.75, 3.05) is 5.32 Å². The van der Waals surface area contributed by atoms with Crippen LogP contribution in [0.1, 0.15) is 13.8 Å². The Morgan fingerprint density at radius 1 is 0.973 bits per heavy atom. The standard InChI is InChI=1S/C27H21FN8O/c1-14(2)27(37)32-17-10-16(11-30-12-17)23-22(28)21-20(13-31-23)35-36-25(21)26-33-19-5-3-4-18(24(19)34-26)15-6-8-29-9-7-15/h3-14H,1-2H3,(H,32,37)(H,33,34)(H,35,36). The first-order chi connectivity index (χ1) is 18.0. The molecule has 3 N–H and O–H groups in total. The average molecular weight is 493 g/mol. The SMILES string of the molecule is CC(C)C(=O)Nc1cncc(-c2ncc3[nH]nc(-c4nc5c(-c6ccncc6)cccc5[nH]4)c3c2F)c1. The van der Waals surface area contributed by atoms with Gasteiger partial charge in [-0.2, -0.15) is 5.10 Å². The Labute approximate surface area is 210 Å². The van der Waals surface area contributed by atoms with Gasteiger partial charge in [-0.3, -0.25) is 24.8 Å². The normalized spacial score (nSPS) is 11.5. The van der Waals surface area contributed by atoms with E-state index in [2.05, 4.69) is 35.5 Å². The van der Waals surface area contributed by atoms with Crippen molar-refractivity contribution in [2.24, 2.45) is 5.92 Å². The molecule has 182 valence electrons. The predicted octanol–water partition coefficient (Wildman–Crippen LogP) is 5.36. The molecule has 6 aromatic rings. The average Bonchev–Trinajstić information content (AvgIpc) is 3.54. The Kier molecular flexibility index (Phi) is 5.41. The molecule has 1 aromatic carbocycles. The van der Waals surface area contributed by atoms with E-state index in [9.17, 15) is 4.79 Å². The van der Waals surface area contributed by atoms with E-state index in [0.717, 1.165) is 22.2 Å². The van der Waals surface area contributed by atoms with E-state index < -0.39 is 5.82 Å². The van der Waals surface area contributed by atoms with Gasteiger partial charge >= 0.3 is 0 Å². The molecule has 0 aliphatic carbocycles. The number of carbonyl (C=O) groups excluding carboxylic acids is 1. The van der Waals surface area contributed by atoms with Crippen LogP contribution in [0.4, 0.5) is 10.1 Å². The molecule has 5 heterocycles. The number of pyridine rings is 3. The number of carbonyl (C=O) groups is 1. The number of fused-ring (bicyclic) bond motifs is 2. The molecule has 0 radical (unpaired) electrons. The fraction of sp³-hybridized carbons (Fsp3) is 0.111. The van der Waals surface area contributed by atoms with Gasteiger partial charge in [-0.25, -0.2) is 9.37 Å². The molecule has 9 nitrogen and oxygen atoms in total. The van der Waals surface area contributed by atoms with Crippen LogP contribution in [0.15, 0.2) is 67.4 Å². The molecule has 0 atom stereocenters. The van der Waals surface area contributed by atoms with E-state index in [4.69, 9.17) is 4.98 Å². The summed E-state index contributed by atoms with van der Waals surface area (Å²) in [6.07, 6.45) is 7.99. The zero-order chi connectivity index (χ0) is 25.5. The third-order valence-corrected chi connectivity index (χ3v) is 6.08. The summed E-state index contributed by atoms with van der Waals surface area (Å²) >= 11 is 0. The lowest BCUT2D eigenvalue weighted by atomic mass is 10.1. The first-order valence-electron chi connectivity index (χ1n) is 11.7. The molecule has 10 heteroatoms. The minimum absolute atomic E-state index is 0.0943. The molecular formula is C27H21FN8O. The topological polar surface area (TPSA) is 125 Å². The Hall–Kier alpha value is -4.99. The second kappa shape index (κ2) is 8.90. The quantitative estimate of drug-likeness (QED) is 0.298. The smallest absolute Gasteiger partial charge is 0.226 e. The first kappa shape index (κ1) is 22.5. The van der Waals surface area contributed by atoms with Gasteiger partial charge in [0.1, 0.15) is 11.4 Å². The van der Waals surface area contributed by atoms with Gasteiger partial charge in [0.25, 0.3) is 0 Å². The number of para-hydroxylation sites is 1. The van der Waals surface area contributed by atoms with Crippen LogP contribution in [0.2, 0.25) is 0 Å². The lowest BCUT2D eigenvalue weighted by Gasteiger charge is -2.09. The van der Waals surface area contributed by atoms with E-state index in [1.54, 1.807) is 32.3 Å². The van der Waals surface area contributed by atoms with Gasteiger partial charge < -0.3 is 10.3 Å². The molecule has 1 amide bonds. The Bertz CT molecular complexity index is 1770. The highest BCUT2D eigenvalue weighted by atomic mass is 19.1. The maximum absolute atomic E-state index is 16.0. The summed E-state index contributed by atoms with van der Waals surface area (Å²) in [6, 6.07) is 11.3. The Balaban J connectivity index is 1.45. The summed E-state index contributed by atoms with van der Waals surface area (Å²) in [7, 11) is 0. The third-order valence-electron chi connectivity index (χ3n) is 6.08. The molecule has 0 aliphatic heterocycles. The maximum atomic E-state index is 16.0. The van der Waals surface area contributed by atoms with E-state index in [1.165, 1.54) is 18.6 Å². The van der Waals surface area contributed by atoms with Gasteiger partial charge in [-0.1, -0.05) is 26.0 Å². The van der Waals surface area contributed by atoms with Gasteiger partial charge in [0.05, 0.1) is 40.0 Å². The molecule has 0 spiro atoms. The van der Waals surface area contributed by atoms with Crippen molar-refractivity contribution in [3.63, 3.8) is 0 Å². The molecule has 0 saturated carbocycles. The number of aromatic nitrogens is 7. The number of anilines is 1. The molecule has 5 aromatic heterocycles. The van der Waals surface area contributed by atoms with Crippen LogP contribution in [0.25, 0.3) is 55.8 Å².